The second-order valence-electron chi connectivity index (χ2n) is 12.2. The van der Waals surface area contributed by atoms with Gasteiger partial charge in [-0.05, 0) is 109 Å². The summed E-state index contributed by atoms with van der Waals surface area (Å²) in [6.45, 7) is 3.51. The van der Waals surface area contributed by atoms with Gasteiger partial charge in [0.15, 0.2) is 16.9 Å². The molecule has 262 valence electrons. The molecular weight excluding hydrogens is 672 g/mol. The minimum absolute atomic E-state index is 0.132. The van der Waals surface area contributed by atoms with Gasteiger partial charge in [0.2, 0.25) is 24.4 Å². The van der Waals surface area contributed by atoms with Crippen molar-refractivity contribution in [1.29, 1.82) is 0 Å². The number of fused-ring (bicyclic) bond motifs is 2. The van der Waals surface area contributed by atoms with Crippen LogP contribution in [-0.2, 0) is 0 Å². The molecule has 2 atom stereocenters. The number of aromatic nitrogens is 2. The van der Waals surface area contributed by atoms with Gasteiger partial charge in [-0.3, -0.25) is 4.79 Å². The van der Waals surface area contributed by atoms with E-state index in [-0.39, 0.29) is 17.1 Å². The molecule has 0 aliphatic rings. The van der Waals surface area contributed by atoms with Crippen LogP contribution in [0.4, 0.5) is 0 Å². The normalized spacial score (nSPS) is 12.3. The fourth-order valence-corrected chi connectivity index (χ4v) is 5.78. The fraction of sp³-hybridized carbons (Fsp3) is 0.0930. The van der Waals surface area contributed by atoms with Gasteiger partial charge >= 0.3 is 0 Å². The van der Waals surface area contributed by atoms with E-state index in [1.54, 1.807) is 56.3 Å². The molecule has 2 unspecified atom stereocenters. The molecule has 8 rings (SSSR count). The predicted octanol–water partition coefficient (Wildman–Crippen LogP) is 9.85. The molecule has 6 aromatic carbocycles. The van der Waals surface area contributed by atoms with Crippen molar-refractivity contribution < 1.29 is 37.7 Å². The Balaban J connectivity index is 0.835. The Morgan fingerprint density at radius 2 is 0.962 bits per heavy atom. The van der Waals surface area contributed by atoms with Gasteiger partial charge in [-0.1, -0.05) is 24.3 Å². The molecule has 0 spiro atoms. The average Bonchev–Trinajstić information content (AvgIpc) is 3.81. The van der Waals surface area contributed by atoms with Gasteiger partial charge in [0, 0.05) is 36.6 Å². The van der Waals surface area contributed by atoms with Crippen molar-refractivity contribution in [2.24, 2.45) is 0 Å². The highest BCUT2D eigenvalue weighted by Gasteiger charge is 2.17. The van der Waals surface area contributed by atoms with Crippen molar-refractivity contribution in [3.8, 4) is 51.7 Å². The van der Waals surface area contributed by atoms with Crippen LogP contribution in [0.5, 0.6) is 28.7 Å². The lowest BCUT2D eigenvalue weighted by atomic mass is 10.0. The van der Waals surface area contributed by atoms with Crippen molar-refractivity contribution in [2.45, 2.75) is 26.4 Å². The smallest absolute Gasteiger partial charge is 0.238 e. The number of para-hydroxylation sites is 4. The number of ether oxygens (including phenoxy) is 4. The molecule has 0 bridgehead atoms. The molecule has 2 heterocycles. The van der Waals surface area contributed by atoms with Gasteiger partial charge in [0.25, 0.3) is 0 Å². The number of carbonyl (C=O) groups is 1. The zero-order valence-electron chi connectivity index (χ0n) is 28.6. The Kier molecular flexibility index (Phi) is 8.92. The van der Waals surface area contributed by atoms with Gasteiger partial charge in [0.05, 0.1) is 5.56 Å². The molecule has 10 heteroatoms. The van der Waals surface area contributed by atoms with E-state index in [1.807, 2.05) is 84.9 Å². The first-order valence-corrected chi connectivity index (χ1v) is 16.9. The lowest BCUT2D eigenvalue weighted by Crippen LogP contribution is -2.19. The number of phenols is 1. The number of ketones is 1. The molecule has 0 amide bonds. The molecule has 0 fully saturated rings. The Bertz CT molecular complexity index is 2460. The molecular formula is C43H32N2O8. The monoisotopic (exact) mass is 704 g/mol. The number of benzene rings is 6. The van der Waals surface area contributed by atoms with Crippen LogP contribution in [0.1, 0.15) is 29.8 Å². The van der Waals surface area contributed by atoms with E-state index >= 15 is 0 Å². The van der Waals surface area contributed by atoms with Crippen molar-refractivity contribution in [1.82, 2.24) is 9.97 Å². The lowest BCUT2D eigenvalue weighted by Gasteiger charge is -2.17. The quantitative estimate of drug-likeness (QED) is 0.0970. The SMILES string of the molecule is CC(Oc1ccc(C(=O)c2ccc(OC(C)Oc3ccc(-c4nc5ccccc5o4)cc3)cc2O)cc1)Oc1ccc(-c2nc3ccccc3o2)cc1. The summed E-state index contributed by atoms with van der Waals surface area (Å²) in [5.41, 5.74) is 5.19. The Morgan fingerprint density at radius 3 is 1.42 bits per heavy atom. The standard InChI is InChI=1S/C43H32N2O8/c1-26(49-32-19-13-29(14-20-32)42-44-36-7-3-5-9-39(36)52-42)48-31-17-11-28(12-18-31)41(47)35-24-23-34(25-38(35)46)51-27(2)50-33-21-15-30(16-22-33)43-45-37-8-4-6-10-40(37)53-43/h3-27,46H,1-2H3. The summed E-state index contributed by atoms with van der Waals surface area (Å²) >= 11 is 0. The molecule has 8 aromatic rings. The number of nitrogens with zero attached hydrogens (tertiary/aromatic N) is 2. The van der Waals surface area contributed by atoms with Crippen LogP contribution in [0.25, 0.3) is 45.1 Å². The van der Waals surface area contributed by atoms with E-state index in [2.05, 4.69) is 9.97 Å². The number of rotatable bonds is 12. The van der Waals surface area contributed by atoms with Crippen LogP contribution in [-0.4, -0.2) is 33.4 Å². The lowest BCUT2D eigenvalue weighted by molar-refractivity contribution is 0.0218. The van der Waals surface area contributed by atoms with Crippen molar-refractivity contribution in [3.63, 3.8) is 0 Å². The van der Waals surface area contributed by atoms with E-state index in [9.17, 15) is 9.90 Å². The van der Waals surface area contributed by atoms with Gasteiger partial charge in [-0.15, -0.1) is 0 Å². The summed E-state index contributed by atoms with van der Waals surface area (Å²) in [5.74, 6) is 2.53. The van der Waals surface area contributed by atoms with Crippen molar-refractivity contribution >= 4 is 28.0 Å². The molecule has 0 saturated carbocycles. The molecule has 1 N–H and O–H groups in total. The molecule has 0 aliphatic heterocycles. The molecule has 10 nitrogen and oxygen atoms in total. The van der Waals surface area contributed by atoms with E-state index < -0.39 is 12.6 Å². The third-order valence-electron chi connectivity index (χ3n) is 8.33. The van der Waals surface area contributed by atoms with Gasteiger partial charge in [-0.2, -0.15) is 0 Å². The molecule has 2 aromatic heterocycles. The first kappa shape index (κ1) is 33.1. The molecule has 0 saturated heterocycles. The third kappa shape index (κ3) is 7.38. The summed E-state index contributed by atoms with van der Waals surface area (Å²) < 4.78 is 35.3. The van der Waals surface area contributed by atoms with Crippen molar-refractivity contribution in [2.75, 3.05) is 0 Å². The topological polar surface area (TPSA) is 126 Å². The van der Waals surface area contributed by atoms with Crippen LogP contribution in [0.2, 0.25) is 0 Å². The number of hydrogen-bond acceptors (Lipinski definition) is 10. The predicted molar refractivity (Wildman–Crippen MR) is 198 cm³/mol. The summed E-state index contributed by atoms with van der Waals surface area (Å²) in [6.07, 6.45) is -1.31. The van der Waals surface area contributed by atoms with Crippen LogP contribution in [0.3, 0.4) is 0 Å². The Labute approximate surface area is 303 Å². The maximum atomic E-state index is 13.3. The highest BCUT2D eigenvalue weighted by molar-refractivity contribution is 6.10. The average molecular weight is 705 g/mol. The number of carbonyl (C=O) groups excluding carboxylic acids is 1. The van der Waals surface area contributed by atoms with Gasteiger partial charge < -0.3 is 32.9 Å². The van der Waals surface area contributed by atoms with Crippen LogP contribution in [0.15, 0.2) is 148 Å². The van der Waals surface area contributed by atoms with E-state index in [0.717, 1.165) is 33.3 Å². The number of oxazole rings is 2. The first-order valence-electron chi connectivity index (χ1n) is 16.9. The van der Waals surface area contributed by atoms with Crippen LogP contribution in [0, 0.1) is 0 Å². The van der Waals surface area contributed by atoms with Gasteiger partial charge in [0.1, 0.15) is 39.8 Å². The largest absolute Gasteiger partial charge is 0.507 e. The van der Waals surface area contributed by atoms with E-state index in [0.29, 0.717) is 40.3 Å². The number of hydrogen-bond donors (Lipinski definition) is 1. The molecule has 0 radical (unpaired) electrons. The minimum atomic E-state index is -0.690. The highest BCUT2D eigenvalue weighted by Crippen LogP contribution is 2.30. The van der Waals surface area contributed by atoms with Crippen LogP contribution < -0.4 is 18.9 Å². The summed E-state index contributed by atoms with van der Waals surface area (Å²) in [5, 5.41) is 10.7. The zero-order chi connectivity index (χ0) is 36.3. The maximum Gasteiger partial charge on any atom is 0.238 e. The maximum absolute atomic E-state index is 13.3. The van der Waals surface area contributed by atoms with Crippen molar-refractivity contribution in [3.05, 3.63) is 151 Å². The Hall–Kier alpha value is -7.07. The summed E-state index contributed by atoms with van der Waals surface area (Å²) in [4.78, 5) is 22.3. The molecule has 0 aliphatic carbocycles. The number of aromatic hydroxyl groups is 1. The van der Waals surface area contributed by atoms with E-state index in [4.69, 9.17) is 27.8 Å². The second kappa shape index (κ2) is 14.3. The summed E-state index contributed by atoms with van der Waals surface area (Å²) in [7, 11) is 0. The highest BCUT2D eigenvalue weighted by atomic mass is 16.7. The number of phenolic OH excluding ortho intramolecular Hbond substituents is 1. The van der Waals surface area contributed by atoms with Crippen LogP contribution >= 0.6 is 0 Å². The molecule has 53 heavy (non-hydrogen) atoms. The Morgan fingerprint density at radius 1 is 0.547 bits per heavy atom. The second-order valence-corrected chi connectivity index (χ2v) is 12.2. The van der Waals surface area contributed by atoms with E-state index in [1.165, 1.54) is 12.1 Å². The zero-order valence-corrected chi connectivity index (χ0v) is 28.6. The summed E-state index contributed by atoms with van der Waals surface area (Å²) in [6, 6.07) is 41.0. The van der Waals surface area contributed by atoms with Gasteiger partial charge in [-0.25, -0.2) is 9.97 Å². The minimum Gasteiger partial charge on any atom is -0.507 e. The third-order valence-corrected chi connectivity index (χ3v) is 8.33. The fourth-order valence-electron chi connectivity index (χ4n) is 5.78. The first-order chi connectivity index (χ1) is 25.8.